The van der Waals surface area contributed by atoms with Crippen LogP contribution in [0.15, 0.2) is 53.7 Å². The first kappa shape index (κ1) is 14.6. The van der Waals surface area contributed by atoms with Crippen molar-refractivity contribution >= 4 is 5.84 Å². The van der Waals surface area contributed by atoms with Crippen LogP contribution in [0.3, 0.4) is 0 Å². The lowest BCUT2D eigenvalue weighted by Crippen LogP contribution is -2.41. The number of nitro groups is 1. The maximum absolute atomic E-state index is 11.0. The van der Waals surface area contributed by atoms with Gasteiger partial charge in [-0.2, -0.15) is 0 Å². The Morgan fingerprint density at radius 3 is 2.83 bits per heavy atom. The first-order chi connectivity index (χ1) is 11.7. The molecule has 2 atom stereocenters. The average molecular weight is 326 g/mol. The molecule has 7 nitrogen and oxygen atoms in total. The monoisotopic (exact) mass is 326 g/mol. The summed E-state index contributed by atoms with van der Waals surface area (Å²) in [5.41, 5.74) is 2.71. The van der Waals surface area contributed by atoms with Gasteiger partial charge in [-0.05, 0) is 16.6 Å². The highest BCUT2D eigenvalue weighted by Crippen LogP contribution is 2.39. The second-order valence-corrected chi connectivity index (χ2v) is 5.57. The summed E-state index contributed by atoms with van der Waals surface area (Å²) in [7, 11) is 0. The smallest absolute Gasteiger partial charge is 0.414 e. The molecule has 0 saturated carbocycles. The van der Waals surface area contributed by atoms with Crippen molar-refractivity contribution in [1.29, 1.82) is 0 Å². The average Bonchev–Trinajstić information content (AvgIpc) is 2.61. The van der Waals surface area contributed by atoms with E-state index in [4.69, 9.17) is 14.3 Å². The first-order valence-electron chi connectivity index (χ1n) is 7.54. The summed E-state index contributed by atoms with van der Waals surface area (Å²) in [6.07, 6.45) is -1.13. The third-order valence-electron chi connectivity index (χ3n) is 4.05. The van der Waals surface area contributed by atoms with Crippen molar-refractivity contribution in [2.45, 2.75) is 25.4 Å². The Hall–Kier alpha value is -2.93. The zero-order valence-corrected chi connectivity index (χ0v) is 12.6. The summed E-state index contributed by atoms with van der Waals surface area (Å²) in [6.45, 7) is 0.421. The number of hydrogen-bond acceptors (Lipinski definition) is 6. The number of nitrogens with zero attached hydrogens (tertiary/aromatic N) is 2. The predicted octanol–water partition coefficient (Wildman–Crippen LogP) is 2.83. The Balaban J connectivity index is 1.61. The highest BCUT2D eigenvalue weighted by atomic mass is 16.8. The molecule has 0 radical (unpaired) electrons. The van der Waals surface area contributed by atoms with Gasteiger partial charge in [0.05, 0.1) is 0 Å². The number of oxime groups is 1. The van der Waals surface area contributed by atoms with Crippen LogP contribution in [0.25, 0.3) is 0 Å². The lowest BCUT2D eigenvalue weighted by Gasteiger charge is -2.30. The predicted molar refractivity (Wildman–Crippen MR) is 84.0 cm³/mol. The molecule has 2 aromatic carbocycles. The van der Waals surface area contributed by atoms with Crippen molar-refractivity contribution in [2.24, 2.45) is 5.16 Å². The summed E-state index contributed by atoms with van der Waals surface area (Å²) in [5.74, 6) is 0.373. The molecular weight excluding hydrogens is 312 g/mol. The molecule has 0 aliphatic carbocycles. The molecule has 0 aromatic heterocycles. The minimum absolute atomic E-state index is 0.310. The zero-order chi connectivity index (χ0) is 16.5. The second kappa shape index (κ2) is 5.93. The molecule has 0 fully saturated rings. The topological polar surface area (TPSA) is 83.2 Å². The van der Waals surface area contributed by atoms with E-state index in [9.17, 15) is 10.1 Å². The van der Waals surface area contributed by atoms with E-state index >= 15 is 0 Å². The van der Waals surface area contributed by atoms with E-state index in [1.807, 2.05) is 48.5 Å². The third kappa shape index (κ3) is 2.59. The van der Waals surface area contributed by atoms with Gasteiger partial charge in [0.15, 0.2) is 11.3 Å². The lowest BCUT2D eigenvalue weighted by molar-refractivity contribution is -0.375. The van der Waals surface area contributed by atoms with Crippen LogP contribution in [0.1, 0.15) is 23.0 Å². The van der Waals surface area contributed by atoms with Gasteiger partial charge >= 0.3 is 5.84 Å². The van der Waals surface area contributed by atoms with E-state index in [-0.39, 0.29) is 5.84 Å². The fourth-order valence-electron chi connectivity index (χ4n) is 2.89. The van der Waals surface area contributed by atoms with Gasteiger partial charge in [0.2, 0.25) is 0 Å². The highest BCUT2D eigenvalue weighted by Gasteiger charge is 2.44. The molecule has 2 aliphatic heterocycles. The van der Waals surface area contributed by atoms with Gasteiger partial charge in [0, 0.05) is 17.5 Å². The van der Waals surface area contributed by atoms with Crippen LogP contribution in [-0.4, -0.2) is 16.9 Å². The normalized spacial score (nSPS) is 21.2. The lowest BCUT2D eigenvalue weighted by atomic mass is 9.96. The van der Waals surface area contributed by atoms with Crippen molar-refractivity contribution in [3.8, 4) is 5.75 Å². The summed E-state index contributed by atoms with van der Waals surface area (Å²) < 4.78 is 11.5. The molecule has 0 N–H and O–H groups in total. The van der Waals surface area contributed by atoms with Crippen LogP contribution in [0.5, 0.6) is 5.75 Å². The SMILES string of the molecule is O=[N+]([O-])C1=NO[C@H]2O[C@@H]1Cc1c(OCc3ccccc3)cccc12. The van der Waals surface area contributed by atoms with Crippen molar-refractivity contribution in [3.05, 3.63) is 75.3 Å². The Morgan fingerprint density at radius 1 is 1.21 bits per heavy atom. The largest absolute Gasteiger partial charge is 0.489 e. The summed E-state index contributed by atoms with van der Waals surface area (Å²) >= 11 is 0. The zero-order valence-electron chi connectivity index (χ0n) is 12.6. The number of benzene rings is 2. The van der Waals surface area contributed by atoms with Crippen molar-refractivity contribution in [1.82, 2.24) is 0 Å². The number of ether oxygens (including phenoxy) is 2. The van der Waals surface area contributed by atoms with Crippen LogP contribution in [0.4, 0.5) is 0 Å². The first-order valence-corrected chi connectivity index (χ1v) is 7.54. The molecule has 0 spiro atoms. The van der Waals surface area contributed by atoms with Crippen molar-refractivity contribution < 1.29 is 19.2 Å². The highest BCUT2D eigenvalue weighted by molar-refractivity contribution is 5.79. The molecule has 0 saturated heterocycles. The molecule has 2 heterocycles. The third-order valence-corrected chi connectivity index (χ3v) is 4.05. The van der Waals surface area contributed by atoms with Gasteiger partial charge < -0.3 is 19.6 Å². The van der Waals surface area contributed by atoms with Gasteiger partial charge in [-0.1, -0.05) is 42.5 Å². The van der Waals surface area contributed by atoms with Crippen molar-refractivity contribution in [3.63, 3.8) is 0 Å². The minimum Gasteiger partial charge on any atom is -0.489 e. The summed E-state index contributed by atoms with van der Waals surface area (Å²) in [6, 6.07) is 15.4. The van der Waals surface area contributed by atoms with Crippen molar-refractivity contribution in [2.75, 3.05) is 0 Å². The number of amidine groups is 1. The van der Waals surface area contributed by atoms with Gasteiger partial charge in [-0.25, -0.2) is 0 Å². The van der Waals surface area contributed by atoms with Gasteiger partial charge in [0.1, 0.15) is 12.4 Å². The van der Waals surface area contributed by atoms with E-state index in [1.54, 1.807) is 0 Å². The fraction of sp³-hybridized carbons (Fsp3) is 0.235. The van der Waals surface area contributed by atoms with E-state index in [0.29, 0.717) is 18.8 Å². The molecule has 122 valence electrons. The molecule has 4 rings (SSSR count). The van der Waals surface area contributed by atoms with E-state index in [1.165, 1.54) is 0 Å². The molecule has 24 heavy (non-hydrogen) atoms. The van der Waals surface area contributed by atoms with Crippen LogP contribution >= 0.6 is 0 Å². The number of fused-ring (bicyclic) bond motifs is 4. The van der Waals surface area contributed by atoms with E-state index in [2.05, 4.69) is 5.16 Å². The summed E-state index contributed by atoms with van der Waals surface area (Å²) in [5, 5.41) is 14.6. The Labute approximate surface area is 137 Å². The van der Waals surface area contributed by atoms with E-state index in [0.717, 1.165) is 16.7 Å². The van der Waals surface area contributed by atoms with Crippen LogP contribution in [-0.2, 0) is 22.6 Å². The van der Waals surface area contributed by atoms with Gasteiger partial charge in [-0.15, -0.1) is 0 Å². The molecule has 2 bridgehead atoms. The maximum atomic E-state index is 11.0. The fourth-order valence-corrected chi connectivity index (χ4v) is 2.89. The standard InChI is InChI=1S/C17H14N2O5/c20-19(21)16-15-9-13-12(17(23-15)24-18-16)7-4-8-14(13)22-10-11-5-2-1-3-6-11/h1-8,15,17H,9-10H2/t15-,17-/m1/s1. The number of rotatable bonds is 3. The molecule has 7 heteroatoms. The molecule has 2 aromatic rings. The molecule has 0 amide bonds. The molecule has 2 aliphatic rings. The van der Waals surface area contributed by atoms with E-state index < -0.39 is 17.3 Å². The Bertz CT molecular complexity index is 806. The second-order valence-electron chi connectivity index (χ2n) is 5.57. The maximum Gasteiger partial charge on any atom is 0.414 e. The van der Waals surface area contributed by atoms with Crippen LogP contribution in [0, 0.1) is 10.1 Å². The van der Waals surface area contributed by atoms with Gasteiger partial charge in [0.25, 0.3) is 6.29 Å². The quantitative estimate of drug-likeness (QED) is 0.640. The number of hydrogen-bond donors (Lipinski definition) is 0. The van der Waals surface area contributed by atoms with Crippen LogP contribution in [0.2, 0.25) is 0 Å². The minimum atomic E-state index is -0.734. The molecular formula is C17H14N2O5. The Morgan fingerprint density at radius 2 is 2.04 bits per heavy atom. The summed E-state index contributed by atoms with van der Waals surface area (Å²) in [4.78, 5) is 15.6. The Kier molecular flexibility index (Phi) is 3.62. The van der Waals surface area contributed by atoms with Gasteiger partial charge in [-0.3, -0.25) is 4.84 Å². The molecule has 0 unspecified atom stereocenters. The van der Waals surface area contributed by atoms with Crippen LogP contribution < -0.4 is 4.74 Å².